The summed E-state index contributed by atoms with van der Waals surface area (Å²) in [4.78, 5) is 45.0. The molecule has 0 aromatic heterocycles. The van der Waals surface area contributed by atoms with Gasteiger partial charge in [-0.15, -0.1) is 0 Å². The first kappa shape index (κ1) is 27.1. The number of morpholine rings is 1. The molecule has 2 bridgehead atoms. The standard InChI is InChI=1S/C28H39N3O7/c1-3-37-26(35)22-21-25(34)31(20(18-32)17-19-7-5-4-6-8-19)23(28(21)10-9-27(22,2)38-28)24(33)29-11-12-30-13-15-36-16-14-30/h4-8,20-23,32H,3,9-18H2,1-2H3,(H,29,33)/t20-,21+,22-,23?,27+,28?/m1/s1. The summed E-state index contributed by atoms with van der Waals surface area (Å²) >= 11 is 0. The second-order valence-electron chi connectivity index (χ2n) is 11.0. The molecule has 4 aliphatic heterocycles. The molecule has 2 N–H and O–H groups in total. The van der Waals surface area contributed by atoms with Crippen molar-refractivity contribution >= 4 is 17.8 Å². The van der Waals surface area contributed by atoms with Gasteiger partial charge in [-0.05, 0) is 38.7 Å². The van der Waals surface area contributed by atoms with Crippen LogP contribution in [0.15, 0.2) is 30.3 Å². The van der Waals surface area contributed by atoms with Gasteiger partial charge in [0.15, 0.2) is 0 Å². The fourth-order valence-electron chi connectivity index (χ4n) is 7.04. The number of benzene rings is 1. The lowest BCUT2D eigenvalue weighted by atomic mass is 9.66. The number of carbonyl (C=O) groups is 3. The first-order chi connectivity index (χ1) is 18.3. The van der Waals surface area contributed by atoms with E-state index in [4.69, 9.17) is 14.2 Å². The van der Waals surface area contributed by atoms with E-state index >= 15 is 0 Å². The predicted molar refractivity (Wildman–Crippen MR) is 137 cm³/mol. The number of amides is 2. The van der Waals surface area contributed by atoms with Crippen molar-refractivity contribution in [2.45, 2.75) is 56.4 Å². The number of nitrogens with zero attached hydrogens (tertiary/aromatic N) is 2. The summed E-state index contributed by atoms with van der Waals surface area (Å²) in [7, 11) is 0. The van der Waals surface area contributed by atoms with Crippen LogP contribution >= 0.6 is 0 Å². The third-order valence-corrected chi connectivity index (χ3v) is 8.75. The molecule has 2 unspecified atom stereocenters. The molecule has 4 heterocycles. The highest BCUT2D eigenvalue weighted by molar-refractivity contribution is 5.98. The van der Waals surface area contributed by atoms with Crippen molar-refractivity contribution in [3.63, 3.8) is 0 Å². The lowest BCUT2D eigenvalue weighted by molar-refractivity contribution is -0.160. The smallest absolute Gasteiger partial charge is 0.312 e. The maximum Gasteiger partial charge on any atom is 0.312 e. The van der Waals surface area contributed by atoms with E-state index in [1.54, 1.807) is 6.92 Å². The number of ether oxygens (including phenoxy) is 3. The van der Waals surface area contributed by atoms with E-state index < -0.39 is 41.1 Å². The van der Waals surface area contributed by atoms with Crippen LogP contribution in [0.3, 0.4) is 0 Å². The Labute approximate surface area is 223 Å². The zero-order valence-electron chi connectivity index (χ0n) is 22.3. The van der Waals surface area contributed by atoms with E-state index in [-0.39, 0.29) is 25.0 Å². The second-order valence-corrected chi connectivity index (χ2v) is 11.0. The van der Waals surface area contributed by atoms with E-state index in [9.17, 15) is 19.5 Å². The summed E-state index contributed by atoms with van der Waals surface area (Å²) in [5.74, 6) is -2.73. The molecule has 4 fully saturated rings. The normalized spacial score (nSPS) is 33.3. The topological polar surface area (TPSA) is 118 Å². The molecule has 10 nitrogen and oxygen atoms in total. The molecule has 1 spiro atoms. The number of hydrogen-bond donors (Lipinski definition) is 2. The molecule has 38 heavy (non-hydrogen) atoms. The molecule has 1 aromatic carbocycles. The van der Waals surface area contributed by atoms with Crippen molar-refractivity contribution in [3.05, 3.63) is 35.9 Å². The SMILES string of the molecule is CCOC(=O)[C@H]1[C@H]2C(=O)N([C@@H](CO)Cc3ccccc3)C(C(=O)NCCN3CCOCC3)C23CC[C@]1(C)O3. The molecule has 1 aromatic rings. The third kappa shape index (κ3) is 4.61. The zero-order valence-corrected chi connectivity index (χ0v) is 22.3. The number of hydrogen-bond acceptors (Lipinski definition) is 8. The molecule has 2 amide bonds. The molecular formula is C28H39N3O7. The minimum Gasteiger partial charge on any atom is -0.466 e. The summed E-state index contributed by atoms with van der Waals surface area (Å²) < 4.78 is 17.4. The Morgan fingerprint density at radius 3 is 2.63 bits per heavy atom. The molecule has 5 rings (SSSR count). The Bertz CT molecular complexity index is 1030. The predicted octanol–water partition coefficient (Wildman–Crippen LogP) is 0.366. The molecule has 10 heteroatoms. The van der Waals surface area contributed by atoms with Gasteiger partial charge in [0.2, 0.25) is 11.8 Å². The Balaban J connectivity index is 1.45. The fourth-order valence-corrected chi connectivity index (χ4v) is 7.04. The van der Waals surface area contributed by atoms with Crippen molar-refractivity contribution in [3.8, 4) is 0 Å². The maximum absolute atomic E-state index is 14.2. The Morgan fingerprint density at radius 2 is 1.95 bits per heavy atom. The van der Waals surface area contributed by atoms with Crippen LogP contribution in [0, 0.1) is 11.8 Å². The lowest BCUT2D eigenvalue weighted by Crippen LogP contribution is -2.59. The van der Waals surface area contributed by atoms with Gasteiger partial charge >= 0.3 is 5.97 Å². The van der Waals surface area contributed by atoms with Gasteiger partial charge in [-0.1, -0.05) is 30.3 Å². The number of aliphatic hydroxyl groups is 1. The number of fused-ring (bicyclic) bond motifs is 1. The second kappa shape index (κ2) is 10.9. The molecule has 0 saturated carbocycles. The minimum atomic E-state index is -1.14. The maximum atomic E-state index is 14.2. The van der Waals surface area contributed by atoms with Crippen LogP contribution in [-0.2, 0) is 35.0 Å². The quantitative estimate of drug-likeness (QED) is 0.418. The van der Waals surface area contributed by atoms with E-state index in [0.29, 0.717) is 45.6 Å². The van der Waals surface area contributed by atoms with Gasteiger partial charge in [-0.25, -0.2) is 0 Å². The van der Waals surface area contributed by atoms with Gasteiger partial charge in [0.1, 0.15) is 17.6 Å². The number of carbonyl (C=O) groups excluding carboxylic acids is 3. The monoisotopic (exact) mass is 529 g/mol. The van der Waals surface area contributed by atoms with Crippen molar-refractivity contribution in [2.24, 2.45) is 11.8 Å². The van der Waals surface area contributed by atoms with E-state index in [2.05, 4.69) is 10.2 Å². The number of aliphatic hydroxyl groups excluding tert-OH is 1. The summed E-state index contributed by atoms with van der Waals surface area (Å²) in [6, 6.07) is 7.99. The van der Waals surface area contributed by atoms with Crippen molar-refractivity contribution in [1.82, 2.24) is 15.1 Å². The van der Waals surface area contributed by atoms with Crippen molar-refractivity contribution in [2.75, 3.05) is 52.6 Å². The summed E-state index contributed by atoms with van der Waals surface area (Å²) in [6.45, 7) is 7.50. The van der Waals surface area contributed by atoms with Crippen molar-refractivity contribution < 1.29 is 33.7 Å². The van der Waals surface area contributed by atoms with Crippen LogP contribution in [0.25, 0.3) is 0 Å². The van der Waals surface area contributed by atoms with Crippen LogP contribution in [0.5, 0.6) is 0 Å². The van der Waals surface area contributed by atoms with E-state index in [1.165, 1.54) is 4.90 Å². The summed E-state index contributed by atoms with van der Waals surface area (Å²) in [5.41, 5.74) is -1.07. The molecule has 0 radical (unpaired) electrons. The molecule has 4 saturated heterocycles. The highest BCUT2D eigenvalue weighted by Crippen LogP contribution is 2.63. The largest absolute Gasteiger partial charge is 0.466 e. The number of nitrogens with one attached hydrogen (secondary N) is 1. The Morgan fingerprint density at radius 1 is 1.21 bits per heavy atom. The molecule has 4 aliphatic rings. The highest BCUT2D eigenvalue weighted by Gasteiger charge is 2.78. The lowest BCUT2D eigenvalue weighted by Gasteiger charge is -2.37. The summed E-state index contributed by atoms with van der Waals surface area (Å²) in [6.07, 6.45) is 1.41. The van der Waals surface area contributed by atoms with Gasteiger partial charge in [-0.3, -0.25) is 19.3 Å². The molecular weight excluding hydrogens is 490 g/mol. The van der Waals surface area contributed by atoms with E-state index in [1.807, 2.05) is 37.3 Å². The van der Waals surface area contributed by atoms with E-state index in [0.717, 1.165) is 18.7 Å². The van der Waals surface area contributed by atoms with Gasteiger partial charge in [0.05, 0.1) is 44.0 Å². The van der Waals surface area contributed by atoms with Gasteiger partial charge in [-0.2, -0.15) is 0 Å². The van der Waals surface area contributed by atoms with Gasteiger partial charge < -0.3 is 29.5 Å². The Kier molecular flexibility index (Phi) is 7.77. The average molecular weight is 530 g/mol. The molecule has 0 aliphatic carbocycles. The highest BCUT2D eigenvalue weighted by atomic mass is 16.6. The first-order valence-corrected chi connectivity index (χ1v) is 13.8. The average Bonchev–Trinajstić information content (AvgIpc) is 3.49. The fraction of sp³-hybridized carbons (Fsp3) is 0.679. The number of esters is 1. The molecule has 208 valence electrons. The number of rotatable bonds is 10. The van der Waals surface area contributed by atoms with Crippen LogP contribution < -0.4 is 5.32 Å². The first-order valence-electron chi connectivity index (χ1n) is 13.8. The van der Waals surface area contributed by atoms with Crippen LogP contribution in [0.1, 0.15) is 32.3 Å². The summed E-state index contributed by atoms with van der Waals surface area (Å²) in [5, 5.41) is 13.5. The van der Waals surface area contributed by atoms with Gasteiger partial charge in [0.25, 0.3) is 0 Å². The van der Waals surface area contributed by atoms with Crippen molar-refractivity contribution in [1.29, 1.82) is 0 Å². The van der Waals surface area contributed by atoms with Crippen LogP contribution in [0.4, 0.5) is 0 Å². The minimum absolute atomic E-state index is 0.196. The van der Waals surface area contributed by atoms with Crippen LogP contribution in [-0.4, -0.2) is 109 Å². The van der Waals surface area contributed by atoms with Crippen LogP contribution in [0.2, 0.25) is 0 Å². The third-order valence-electron chi connectivity index (χ3n) is 8.75. The Hall–Kier alpha value is -2.53. The van der Waals surface area contributed by atoms with Gasteiger partial charge in [0, 0.05) is 26.2 Å². The zero-order chi connectivity index (χ0) is 26.9. The molecule has 6 atom stereocenters. The number of likely N-dealkylation sites (tertiary alicyclic amines) is 1.